The van der Waals surface area contributed by atoms with Crippen LogP contribution in [0.25, 0.3) is 0 Å². The molecule has 7 heteroatoms. The van der Waals surface area contributed by atoms with Crippen molar-refractivity contribution in [1.29, 1.82) is 0 Å². The van der Waals surface area contributed by atoms with Gasteiger partial charge in [-0.25, -0.2) is 4.79 Å². The smallest absolute Gasteiger partial charge is 0.315 e. The van der Waals surface area contributed by atoms with Crippen LogP contribution in [0.5, 0.6) is 0 Å². The van der Waals surface area contributed by atoms with Crippen LogP contribution in [-0.4, -0.2) is 28.5 Å². The zero-order chi connectivity index (χ0) is 17.3. The first-order chi connectivity index (χ1) is 11.4. The SMILES string of the molecule is Cc1cc([C@H](C)NC(=O)N[C@H]2CCO[C@@H]2c2cnn(C)c2)c(C)o1. The van der Waals surface area contributed by atoms with Crippen LogP contribution in [0.3, 0.4) is 0 Å². The zero-order valence-electron chi connectivity index (χ0n) is 14.5. The third kappa shape index (κ3) is 3.46. The second kappa shape index (κ2) is 6.68. The third-order valence-electron chi connectivity index (χ3n) is 4.36. The lowest BCUT2D eigenvalue weighted by molar-refractivity contribution is 0.0998. The fraction of sp³-hybridized carbons (Fsp3) is 0.529. The van der Waals surface area contributed by atoms with Crippen LogP contribution in [-0.2, 0) is 11.8 Å². The minimum atomic E-state index is -0.204. The molecule has 1 aliphatic rings. The molecule has 0 unspecified atom stereocenters. The Bertz CT molecular complexity index is 721. The summed E-state index contributed by atoms with van der Waals surface area (Å²) in [5.41, 5.74) is 1.98. The van der Waals surface area contributed by atoms with Gasteiger partial charge in [0.25, 0.3) is 0 Å². The summed E-state index contributed by atoms with van der Waals surface area (Å²) in [6, 6.07) is 1.57. The molecule has 2 aromatic rings. The number of aromatic nitrogens is 2. The van der Waals surface area contributed by atoms with E-state index in [0.29, 0.717) is 6.61 Å². The van der Waals surface area contributed by atoms with Crippen LogP contribution in [0, 0.1) is 13.8 Å². The van der Waals surface area contributed by atoms with E-state index in [0.717, 1.165) is 29.1 Å². The second-order valence-corrected chi connectivity index (χ2v) is 6.34. The summed E-state index contributed by atoms with van der Waals surface area (Å²) in [6.07, 6.45) is 4.33. The molecular weight excluding hydrogens is 308 g/mol. The molecule has 7 nitrogen and oxygen atoms in total. The van der Waals surface area contributed by atoms with Gasteiger partial charge in [-0.1, -0.05) is 0 Å². The minimum absolute atomic E-state index is 0.0615. The number of carbonyl (C=O) groups is 1. The maximum atomic E-state index is 12.4. The van der Waals surface area contributed by atoms with Crippen LogP contribution >= 0.6 is 0 Å². The summed E-state index contributed by atoms with van der Waals surface area (Å²) < 4.78 is 13.0. The van der Waals surface area contributed by atoms with Gasteiger partial charge in [-0.05, 0) is 33.3 Å². The zero-order valence-corrected chi connectivity index (χ0v) is 14.5. The normalized spacial score (nSPS) is 21.7. The minimum Gasteiger partial charge on any atom is -0.466 e. The Kier molecular flexibility index (Phi) is 4.62. The number of ether oxygens (including phenoxy) is 1. The number of rotatable bonds is 4. The standard InChI is InChI=1S/C17H24N4O3/c1-10-7-14(12(3)24-10)11(2)19-17(22)20-15-5-6-23-16(15)13-8-18-21(4)9-13/h7-9,11,15-16H,5-6H2,1-4H3,(H2,19,20,22)/t11-,15-,16+/m0/s1. The first kappa shape index (κ1) is 16.6. The largest absolute Gasteiger partial charge is 0.466 e. The van der Waals surface area contributed by atoms with Crippen molar-refractivity contribution in [3.05, 3.63) is 41.1 Å². The summed E-state index contributed by atoms with van der Waals surface area (Å²) in [6.45, 7) is 6.38. The number of aryl methyl sites for hydroxylation is 3. The summed E-state index contributed by atoms with van der Waals surface area (Å²) in [5, 5.41) is 10.2. The Morgan fingerprint density at radius 2 is 2.25 bits per heavy atom. The van der Waals surface area contributed by atoms with Gasteiger partial charge in [0.2, 0.25) is 0 Å². The van der Waals surface area contributed by atoms with E-state index >= 15 is 0 Å². The highest BCUT2D eigenvalue weighted by molar-refractivity contribution is 5.75. The van der Waals surface area contributed by atoms with Crippen LogP contribution in [0.2, 0.25) is 0 Å². The van der Waals surface area contributed by atoms with Crippen molar-refractivity contribution in [2.24, 2.45) is 7.05 Å². The third-order valence-corrected chi connectivity index (χ3v) is 4.36. The van der Waals surface area contributed by atoms with E-state index in [1.807, 2.05) is 40.1 Å². The van der Waals surface area contributed by atoms with Crippen LogP contribution in [0.1, 0.15) is 48.1 Å². The molecule has 3 heterocycles. The number of carbonyl (C=O) groups excluding carboxylic acids is 1. The number of nitrogens with zero attached hydrogens (tertiary/aromatic N) is 2. The molecule has 0 bridgehead atoms. The number of furan rings is 1. The number of amides is 2. The van der Waals surface area contributed by atoms with Crippen molar-refractivity contribution in [2.45, 2.75) is 45.4 Å². The molecule has 2 aromatic heterocycles. The summed E-state index contributed by atoms with van der Waals surface area (Å²) >= 11 is 0. The monoisotopic (exact) mass is 332 g/mol. The van der Waals surface area contributed by atoms with E-state index in [9.17, 15) is 4.79 Å². The molecular formula is C17H24N4O3. The van der Waals surface area contributed by atoms with Gasteiger partial charge < -0.3 is 19.8 Å². The summed E-state index contributed by atoms with van der Waals surface area (Å²) in [7, 11) is 1.87. The predicted molar refractivity (Wildman–Crippen MR) is 88.6 cm³/mol. The topological polar surface area (TPSA) is 81.3 Å². The number of hydrogen-bond donors (Lipinski definition) is 2. The molecule has 0 radical (unpaired) electrons. The lowest BCUT2D eigenvalue weighted by Crippen LogP contribution is -2.44. The average molecular weight is 332 g/mol. The maximum absolute atomic E-state index is 12.4. The first-order valence-electron chi connectivity index (χ1n) is 8.18. The highest BCUT2D eigenvalue weighted by Crippen LogP contribution is 2.29. The fourth-order valence-corrected chi connectivity index (χ4v) is 3.22. The van der Waals surface area contributed by atoms with Crippen molar-refractivity contribution < 1.29 is 13.9 Å². The maximum Gasteiger partial charge on any atom is 0.315 e. The number of nitrogens with one attached hydrogen (secondary N) is 2. The van der Waals surface area contributed by atoms with E-state index < -0.39 is 0 Å². The van der Waals surface area contributed by atoms with Crippen molar-refractivity contribution in [2.75, 3.05) is 6.61 Å². The van der Waals surface area contributed by atoms with E-state index in [-0.39, 0.29) is 24.2 Å². The predicted octanol–water partition coefficient (Wildman–Crippen LogP) is 2.52. The van der Waals surface area contributed by atoms with E-state index in [4.69, 9.17) is 9.15 Å². The van der Waals surface area contributed by atoms with Crippen LogP contribution < -0.4 is 10.6 Å². The Morgan fingerprint density at radius 1 is 1.46 bits per heavy atom. The average Bonchev–Trinajstić information content (AvgIpc) is 3.19. The molecule has 0 aromatic carbocycles. The molecule has 0 aliphatic carbocycles. The molecule has 0 spiro atoms. The molecule has 24 heavy (non-hydrogen) atoms. The lowest BCUT2D eigenvalue weighted by atomic mass is 10.1. The molecule has 130 valence electrons. The van der Waals surface area contributed by atoms with Gasteiger partial charge >= 0.3 is 6.03 Å². The van der Waals surface area contributed by atoms with Crippen molar-refractivity contribution >= 4 is 6.03 Å². The van der Waals surface area contributed by atoms with Crippen molar-refractivity contribution in [3.63, 3.8) is 0 Å². The van der Waals surface area contributed by atoms with Crippen molar-refractivity contribution in [3.8, 4) is 0 Å². The summed E-state index contributed by atoms with van der Waals surface area (Å²) in [5.74, 6) is 1.68. The quantitative estimate of drug-likeness (QED) is 0.901. The highest BCUT2D eigenvalue weighted by Gasteiger charge is 2.32. The Balaban J connectivity index is 1.60. The lowest BCUT2D eigenvalue weighted by Gasteiger charge is -2.21. The Morgan fingerprint density at radius 3 is 2.88 bits per heavy atom. The first-order valence-corrected chi connectivity index (χ1v) is 8.18. The second-order valence-electron chi connectivity index (χ2n) is 6.34. The van der Waals surface area contributed by atoms with Crippen LogP contribution in [0.15, 0.2) is 22.9 Å². The van der Waals surface area contributed by atoms with Gasteiger partial charge in [0.1, 0.15) is 17.6 Å². The molecule has 2 amide bonds. The van der Waals surface area contributed by atoms with Gasteiger partial charge in [-0.3, -0.25) is 4.68 Å². The molecule has 3 rings (SSSR count). The molecule has 1 saturated heterocycles. The van der Waals surface area contributed by atoms with Gasteiger partial charge in [-0.15, -0.1) is 0 Å². The molecule has 3 atom stereocenters. The van der Waals surface area contributed by atoms with Gasteiger partial charge in [0.15, 0.2) is 0 Å². The fourth-order valence-electron chi connectivity index (χ4n) is 3.22. The molecule has 2 N–H and O–H groups in total. The van der Waals surface area contributed by atoms with E-state index in [1.165, 1.54) is 0 Å². The Hall–Kier alpha value is -2.28. The molecule has 0 saturated carbocycles. The van der Waals surface area contributed by atoms with Gasteiger partial charge in [0, 0.05) is 31.0 Å². The van der Waals surface area contributed by atoms with Crippen molar-refractivity contribution in [1.82, 2.24) is 20.4 Å². The molecule has 1 fully saturated rings. The Labute approximate surface area is 141 Å². The van der Waals surface area contributed by atoms with E-state index in [2.05, 4.69) is 15.7 Å². The van der Waals surface area contributed by atoms with Gasteiger partial charge in [0.05, 0.1) is 18.3 Å². The van der Waals surface area contributed by atoms with E-state index in [1.54, 1.807) is 10.9 Å². The molecule has 1 aliphatic heterocycles. The van der Waals surface area contributed by atoms with Gasteiger partial charge in [-0.2, -0.15) is 5.10 Å². The number of hydrogen-bond acceptors (Lipinski definition) is 4. The number of urea groups is 1. The van der Waals surface area contributed by atoms with Crippen LogP contribution in [0.4, 0.5) is 4.79 Å². The summed E-state index contributed by atoms with van der Waals surface area (Å²) in [4.78, 5) is 12.4. The highest BCUT2D eigenvalue weighted by atomic mass is 16.5.